The van der Waals surface area contributed by atoms with Crippen LogP contribution in [0.3, 0.4) is 0 Å². The van der Waals surface area contributed by atoms with Crippen molar-refractivity contribution >= 4 is 0 Å². The van der Waals surface area contributed by atoms with Crippen LogP contribution in [0.15, 0.2) is 24.3 Å². The molecule has 1 aliphatic rings. The van der Waals surface area contributed by atoms with Crippen LogP contribution in [0.5, 0.6) is 5.75 Å². The largest absolute Gasteiger partial charge is 0.494 e. The molecular weight excluding hydrogens is 238 g/mol. The first-order valence-electron chi connectivity index (χ1n) is 7.28. The van der Waals surface area contributed by atoms with Crippen LogP contribution >= 0.6 is 0 Å². The van der Waals surface area contributed by atoms with E-state index in [4.69, 9.17) is 9.47 Å². The zero-order valence-electron chi connectivity index (χ0n) is 12.2. The van der Waals surface area contributed by atoms with E-state index < -0.39 is 0 Å². The van der Waals surface area contributed by atoms with Crippen LogP contribution < -0.4 is 10.1 Å². The van der Waals surface area contributed by atoms with Crippen molar-refractivity contribution < 1.29 is 9.47 Å². The van der Waals surface area contributed by atoms with Gasteiger partial charge >= 0.3 is 0 Å². The summed E-state index contributed by atoms with van der Waals surface area (Å²) in [5, 5.41) is 3.63. The molecule has 2 atom stereocenters. The van der Waals surface area contributed by atoms with Gasteiger partial charge < -0.3 is 14.8 Å². The SMILES string of the molecule is CCOc1cccc(CNC2CC(C)OC(C)C2)c1. The van der Waals surface area contributed by atoms with Crippen molar-refractivity contribution in [3.63, 3.8) is 0 Å². The average molecular weight is 263 g/mol. The molecule has 0 bridgehead atoms. The van der Waals surface area contributed by atoms with Crippen LogP contribution in [0.4, 0.5) is 0 Å². The van der Waals surface area contributed by atoms with E-state index in [-0.39, 0.29) is 0 Å². The van der Waals surface area contributed by atoms with E-state index in [0.29, 0.717) is 24.9 Å². The lowest BCUT2D eigenvalue weighted by Gasteiger charge is -2.32. The predicted molar refractivity (Wildman–Crippen MR) is 77.5 cm³/mol. The monoisotopic (exact) mass is 263 g/mol. The number of nitrogens with one attached hydrogen (secondary N) is 1. The summed E-state index contributed by atoms with van der Waals surface area (Å²) in [6.07, 6.45) is 2.90. The Morgan fingerprint density at radius 2 is 2.00 bits per heavy atom. The van der Waals surface area contributed by atoms with Gasteiger partial charge in [-0.05, 0) is 51.3 Å². The fourth-order valence-electron chi connectivity index (χ4n) is 2.75. The molecule has 1 aromatic carbocycles. The number of ether oxygens (including phenoxy) is 2. The summed E-state index contributed by atoms with van der Waals surface area (Å²) in [5.41, 5.74) is 1.28. The van der Waals surface area contributed by atoms with Crippen LogP contribution in [-0.4, -0.2) is 24.9 Å². The zero-order valence-corrected chi connectivity index (χ0v) is 12.2. The van der Waals surface area contributed by atoms with Crippen molar-refractivity contribution in [1.29, 1.82) is 0 Å². The van der Waals surface area contributed by atoms with Crippen LogP contribution in [0.25, 0.3) is 0 Å². The Morgan fingerprint density at radius 3 is 2.68 bits per heavy atom. The molecule has 0 spiro atoms. The van der Waals surface area contributed by atoms with Gasteiger partial charge in [-0.25, -0.2) is 0 Å². The van der Waals surface area contributed by atoms with Crippen molar-refractivity contribution in [2.45, 2.75) is 58.4 Å². The second kappa shape index (κ2) is 6.92. The molecule has 0 radical (unpaired) electrons. The maximum Gasteiger partial charge on any atom is 0.119 e. The third kappa shape index (κ3) is 4.51. The molecule has 0 amide bonds. The van der Waals surface area contributed by atoms with E-state index in [1.165, 1.54) is 5.56 Å². The Kier molecular flexibility index (Phi) is 5.23. The second-order valence-electron chi connectivity index (χ2n) is 5.39. The van der Waals surface area contributed by atoms with Gasteiger partial charge in [0.15, 0.2) is 0 Å². The van der Waals surface area contributed by atoms with Crippen molar-refractivity contribution in [2.75, 3.05) is 6.61 Å². The van der Waals surface area contributed by atoms with E-state index in [0.717, 1.165) is 25.1 Å². The molecule has 3 nitrogen and oxygen atoms in total. The van der Waals surface area contributed by atoms with Crippen molar-refractivity contribution in [1.82, 2.24) is 5.32 Å². The summed E-state index contributed by atoms with van der Waals surface area (Å²) < 4.78 is 11.3. The first kappa shape index (κ1) is 14.4. The molecule has 2 unspecified atom stereocenters. The van der Waals surface area contributed by atoms with Gasteiger partial charge in [-0.2, -0.15) is 0 Å². The number of hydrogen-bond acceptors (Lipinski definition) is 3. The first-order valence-corrected chi connectivity index (χ1v) is 7.28. The quantitative estimate of drug-likeness (QED) is 0.885. The Balaban J connectivity index is 1.86. The molecule has 1 saturated heterocycles. The highest BCUT2D eigenvalue weighted by Gasteiger charge is 2.23. The zero-order chi connectivity index (χ0) is 13.7. The molecule has 1 aliphatic heterocycles. The minimum absolute atomic E-state index is 0.357. The fourth-order valence-corrected chi connectivity index (χ4v) is 2.75. The summed E-state index contributed by atoms with van der Waals surface area (Å²) in [7, 11) is 0. The Hall–Kier alpha value is -1.06. The standard InChI is InChI=1S/C16H25NO2/c1-4-18-16-7-5-6-14(10-16)11-17-15-8-12(2)19-13(3)9-15/h5-7,10,12-13,15,17H,4,8-9,11H2,1-3H3. The lowest BCUT2D eigenvalue weighted by molar-refractivity contribution is -0.0422. The Bertz CT molecular complexity index is 384. The number of hydrogen-bond donors (Lipinski definition) is 1. The van der Waals surface area contributed by atoms with Gasteiger partial charge in [-0.1, -0.05) is 12.1 Å². The molecule has 1 N–H and O–H groups in total. The Labute approximate surface area is 116 Å². The molecule has 106 valence electrons. The van der Waals surface area contributed by atoms with Gasteiger partial charge in [-0.3, -0.25) is 0 Å². The van der Waals surface area contributed by atoms with E-state index in [2.05, 4.69) is 37.4 Å². The maximum absolute atomic E-state index is 5.76. The molecule has 3 heteroatoms. The van der Waals surface area contributed by atoms with Crippen molar-refractivity contribution in [3.05, 3.63) is 29.8 Å². The molecule has 0 aliphatic carbocycles. The smallest absolute Gasteiger partial charge is 0.119 e. The fraction of sp³-hybridized carbons (Fsp3) is 0.625. The Morgan fingerprint density at radius 1 is 1.26 bits per heavy atom. The topological polar surface area (TPSA) is 30.5 Å². The molecule has 2 rings (SSSR count). The summed E-state index contributed by atoms with van der Waals surface area (Å²) in [5.74, 6) is 0.954. The van der Waals surface area contributed by atoms with Gasteiger partial charge in [0.25, 0.3) is 0 Å². The van der Waals surface area contributed by atoms with E-state index in [1.807, 2.05) is 13.0 Å². The van der Waals surface area contributed by atoms with Gasteiger partial charge in [0.05, 0.1) is 18.8 Å². The lowest BCUT2D eigenvalue weighted by atomic mass is 9.99. The van der Waals surface area contributed by atoms with Gasteiger partial charge in [0, 0.05) is 12.6 Å². The van der Waals surface area contributed by atoms with Crippen LogP contribution in [0.1, 0.15) is 39.2 Å². The molecular formula is C16H25NO2. The summed E-state index contributed by atoms with van der Waals surface area (Å²) in [4.78, 5) is 0. The van der Waals surface area contributed by atoms with Gasteiger partial charge in [-0.15, -0.1) is 0 Å². The van der Waals surface area contributed by atoms with E-state index in [9.17, 15) is 0 Å². The van der Waals surface area contributed by atoms with Crippen LogP contribution in [0.2, 0.25) is 0 Å². The minimum Gasteiger partial charge on any atom is -0.494 e. The second-order valence-corrected chi connectivity index (χ2v) is 5.39. The maximum atomic E-state index is 5.76. The molecule has 0 aromatic heterocycles. The minimum atomic E-state index is 0.357. The highest BCUT2D eigenvalue weighted by atomic mass is 16.5. The first-order chi connectivity index (χ1) is 9.17. The van der Waals surface area contributed by atoms with Crippen LogP contribution in [-0.2, 0) is 11.3 Å². The van der Waals surface area contributed by atoms with E-state index >= 15 is 0 Å². The number of rotatable bonds is 5. The summed E-state index contributed by atoms with van der Waals surface area (Å²) in [6, 6.07) is 8.86. The number of benzene rings is 1. The third-order valence-corrected chi connectivity index (χ3v) is 3.50. The van der Waals surface area contributed by atoms with Gasteiger partial charge in [0.1, 0.15) is 5.75 Å². The molecule has 0 saturated carbocycles. The van der Waals surface area contributed by atoms with Crippen molar-refractivity contribution in [2.24, 2.45) is 0 Å². The highest BCUT2D eigenvalue weighted by Crippen LogP contribution is 2.20. The lowest BCUT2D eigenvalue weighted by Crippen LogP contribution is -2.40. The van der Waals surface area contributed by atoms with Crippen molar-refractivity contribution in [3.8, 4) is 5.75 Å². The third-order valence-electron chi connectivity index (χ3n) is 3.50. The molecule has 1 aromatic rings. The van der Waals surface area contributed by atoms with Gasteiger partial charge in [0.2, 0.25) is 0 Å². The highest BCUT2D eigenvalue weighted by molar-refractivity contribution is 5.28. The van der Waals surface area contributed by atoms with E-state index in [1.54, 1.807) is 0 Å². The molecule has 19 heavy (non-hydrogen) atoms. The predicted octanol–water partition coefficient (Wildman–Crippen LogP) is 3.13. The average Bonchev–Trinajstić information content (AvgIpc) is 2.36. The normalized spacial score (nSPS) is 27.2. The van der Waals surface area contributed by atoms with Crippen LogP contribution in [0, 0.1) is 0 Å². The summed E-state index contributed by atoms with van der Waals surface area (Å²) in [6.45, 7) is 7.92. The summed E-state index contributed by atoms with van der Waals surface area (Å²) >= 11 is 0. The molecule has 1 heterocycles. The molecule has 1 fully saturated rings.